The zero-order chi connectivity index (χ0) is 39.1. The van der Waals surface area contributed by atoms with Crippen LogP contribution in [0.1, 0.15) is 37.4 Å². The van der Waals surface area contributed by atoms with Crippen LogP contribution in [0.4, 0.5) is 5.13 Å². The maximum absolute atomic E-state index is 13.7. The molecule has 2 amide bonds. The van der Waals surface area contributed by atoms with Gasteiger partial charge in [-0.15, -0.1) is 23.1 Å². The molecule has 0 aliphatic carbocycles. The summed E-state index contributed by atoms with van der Waals surface area (Å²) in [6, 6.07) is 1.36. The number of aliphatic carboxylic acids is 3. The van der Waals surface area contributed by atoms with Crippen molar-refractivity contribution in [1.29, 1.82) is 0 Å². The second kappa shape index (κ2) is 15.0. The summed E-state index contributed by atoms with van der Waals surface area (Å²) in [5.74, 6) is -6.82. The van der Waals surface area contributed by atoms with Crippen molar-refractivity contribution in [2.75, 3.05) is 31.1 Å². The Bertz CT molecular complexity index is 2190. The molecule has 0 radical (unpaired) electrons. The minimum Gasteiger partial charge on any atom is -0.504 e. The Hall–Kier alpha value is -5.67. The molecule has 2 fully saturated rings. The van der Waals surface area contributed by atoms with Crippen LogP contribution < -0.4 is 16.5 Å². The number of β-lactam (4-membered cyclic amide) rings is 1. The summed E-state index contributed by atoms with van der Waals surface area (Å²) in [6.07, 6.45) is 0.461. The van der Waals surface area contributed by atoms with Gasteiger partial charge in [-0.1, -0.05) is 5.16 Å². The van der Waals surface area contributed by atoms with Crippen LogP contribution in [0.3, 0.4) is 0 Å². The molecule has 21 heteroatoms. The number of aromatic nitrogens is 2. The largest absolute Gasteiger partial charge is 0.504 e. The number of carbonyl (C=O) groups excluding carboxylic acids is 2. The molecule has 8 N–H and O–H groups in total. The fourth-order valence-corrected chi connectivity index (χ4v) is 8.94. The van der Waals surface area contributed by atoms with E-state index >= 15 is 0 Å². The zero-order valence-electron chi connectivity index (χ0n) is 28.6. The van der Waals surface area contributed by atoms with E-state index in [1.807, 2.05) is 6.92 Å². The molecule has 286 valence electrons. The SMILES string of the molecule is CCn1cc(C[N+]2(CC3=C(C(=O)O)N4C(=O)[C@@H](NC(=O)/C(=N\O[C@@H](CC(=O)O)C(=O)O)c5csc(N)n5)[C@H]4SC3)CCCC2)c(=O)c2cc(O)c(O)cc21. The highest BCUT2D eigenvalue weighted by Crippen LogP contribution is 2.42. The van der Waals surface area contributed by atoms with Crippen molar-refractivity contribution in [1.82, 2.24) is 19.8 Å². The monoisotopic (exact) mass is 786 g/mol. The van der Waals surface area contributed by atoms with Crippen molar-refractivity contribution in [2.45, 2.75) is 56.8 Å². The van der Waals surface area contributed by atoms with E-state index in [9.17, 15) is 49.2 Å². The molecule has 3 aliphatic heterocycles. The second-order valence-electron chi connectivity index (χ2n) is 13.1. The maximum atomic E-state index is 13.7. The zero-order valence-corrected chi connectivity index (χ0v) is 30.3. The smallest absolute Gasteiger partial charge is 0.352 e. The van der Waals surface area contributed by atoms with Crippen molar-refractivity contribution in [2.24, 2.45) is 5.16 Å². The first-order valence-electron chi connectivity index (χ1n) is 16.7. The number of thioether (sulfide) groups is 1. The second-order valence-corrected chi connectivity index (χ2v) is 15.1. The number of hydrogen-bond donors (Lipinski definition) is 7. The van der Waals surface area contributed by atoms with E-state index in [-0.39, 0.29) is 51.9 Å². The quantitative estimate of drug-likeness (QED) is 0.0389. The number of phenolic OH excluding ortho intramolecular Hbond substituents is 2. The van der Waals surface area contributed by atoms with Crippen molar-refractivity contribution in [3.8, 4) is 11.5 Å². The van der Waals surface area contributed by atoms with Crippen molar-refractivity contribution < 1.29 is 58.8 Å². The third-order valence-corrected chi connectivity index (χ3v) is 11.6. The molecule has 3 aromatic rings. The number of amides is 2. The molecule has 2 aromatic heterocycles. The summed E-state index contributed by atoms with van der Waals surface area (Å²) in [4.78, 5) is 86.2. The lowest BCUT2D eigenvalue weighted by Crippen LogP contribution is -2.71. The number of nitrogens with two attached hydrogens (primary N) is 1. The molecule has 19 nitrogen and oxygen atoms in total. The Balaban J connectivity index is 1.25. The number of aryl methyl sites for hydroxylation is 1. The summed E-state index contributed by atoms with van der Waals surface area (Å²) < 4.78 is 2.16. The standard InChI is InChI=1S/C33H35N7O12S2/c1-2-38-10-15(27(45)17-7-20(41)21(42)8-19(17)38)11-40(5-3-4-6-40)12-16-13-53-30-25(29(47)39(30)26(16)32(50)51)36-28(46)24(18-14-54-33(34)35-18)37-52-22(31(48)49)9-23(43)44/h7-8,10,14,22,25,30H,2-6,9,11-13H2,1H3,(H7-,34,35,36,37,41,42,43,44,45,46,48,49,50,51)/p+1/t22-,25+,30+/m0/s1. The number of carboxylic acid groups (broad SMARTS) is 3. The number of nitrogen functional groups attached to an aromatic ring is 1. The topological polar surface area (TPSA) is 284 Å². The first-order valence-corrected chi connectivity index (χ1v) is 18.6. The summed E-state index contributed by atoms with van der Waals surface area (Å²) >= 11 is 2.16. The molecule has 0 unspecified atom stereocenters. The number of quaternary nitrogens is 1. The number of anilines is 1. The number of carboxylic acids is 3. The predicted molar refractivity (Wildman–Crippen MR) is 193 cm³/mol. The van der Waals surface area contributed by atoms with Gasteiger partial charge in [0.15, 0.2) is 27.8 Å². The van der Waals surface area contributed by atoms with E-state index in [1.54, 1.807) is 10.8 Å². The first kappa shape index (κ1) is 38.1. The van der Waals surface area contributed by atoms with Crippen molar-refractivity contribution in [3.63, 3.8) is 0 Å². The fourth-order valence-electron chi connectivity index (χ4n) is 7.05. The lowest BCUT2D eigenvalue weighted by atomic mass is 10.0. The van der Waals surface area contributed by atoms with Gasteiger partial charge in [0.05, 0.1) is 36.0 Å². The van der Waals surface area contributed by atoms with E-state index in [4.69, 9.17) is 15.7 Å². The lowest BCUT2D eigenvalue weighted by molar-refractivity contribution is -0.925. The van der Waals surface area contributed by atoms with E-state index in [0.29, 0.717) is 40.8 Å². The Morgan fingerprint density at radius 3 is 2.43 bits per heavy atom. The van der Waals surface area contributed by atoms with Crippen LogP contribution in [0.5, 0.6) is 11.5 Å². The molecule has 5 heterocycles. The van der Waals surface area contributed by atoms with E-state index in [0.717, 1.165) is 29.1 Å². The van der Waals surface area contributed by atoms with E-state index < -0.39 is 65.1 Å². The van der Waals surface area contributed by atoms with Crippen LogP contribution in [0.25, 0.3) is 10.9 Å². The van der Waals surface area contributed by atoms with Gasteiger partial charge in [-0.25, -0.2) is 14.6 Å². The third-order valence-electron chi connectivity index (χ3n) is 9.56. The maximum Gasteiger partial charge on any atom is 0.352 e. The molecule has 3 atom stereocenters. The van der Waals surface area contributed by atoms with Crippen LogP contribution >= 0.6 is 23.1 Å². The molecule has 0 bridgehead atoms. The number of fused-ring (bicyclic) bond motifs is 2. The normalized spacial score (nSPS) is 20.0. The van der Waals surface area contributed by atoms with Crippen LogP contribution in [0.2, 0.25) is 0 Å². The van der Waals surface area contributed by atoms with Crippen molar-refractivity contribution >= 4 is 74.6 Å². The van der Waals surface area contributed by atoms with Gasteiger partial charge in [-0.3, -0.25) is 24.1 Å². The van der Waals surface area contributed by atoms with Crippen LogP contribution in [-0.2, 0) is 41.9 Å². The predicted octanol–water partition coefficient (Wildman–Crippen LogP) is 0.669. The molecular weight excluding hydrogens is 751 g/mol. The number of likely N-dealkylation sites (tertiary alicyclic amines) is 1. The third kappa shape index (κ3) is 7.28. The van der Waals surface area contributed by atoms with Gasteiger partial charge < -0.3 is 50.5 Å². The highest BCUT2D eigenvalue weighted by Gasteiger charge is 2.55. The lowest BCUT2D eigenvalue weighted by Gasteiger charge is -2.50. The Kier molecular flexibility index (Phi) is 10.6. The van der Waals surface area contributed by atoms with Gasteiger partial charge in [0.2, 0.25) is 6.10 Å². The summed E-state index contributed by atoms with van der Waals surface area (Å²) in [6.45, 7) is 4.12. The Labute approximate surface area is 313 Å². The Morgan fingerprint density at radius 2 is 1.81 bits per heavy atom. The minimum atomic E-state index is -1.95. The molecule has 1 aromatic carbocycles. The molecule has 0 spiro atoms. The number of pyridine rings is 1. The van der Waals surface area contributed by atoms with Gasteiger partial charge >= 0.3 is 17.9 Å². The van der Waals surface area contributed by atoms with Gasteiger partial charge in [0.25, 0.3) is 11.8 Å². The number of benzene rings is 1. The summed E-state index contributed by atoms with van der Waals surface area (Å²) in [7, 11) is 0. The van der Waals surface area contributed by atoms with Crippen molar-refractivity contribution in [3.05, 3.63) is 56.5 Å². The molecule has 3 aliphatic rings. The first-order chi connectivity index (χ1) is 25.6. The number of phenols is 2. The number of aromatic hydroxyl groups is 2. The number of thiazole rings is 1. The van der Waals surface area contributed by atoms with Crippen LogP contribution in [-0.4, -0.2) is 123 Å². The summed E-state index contributed by atoms with van der Waals surface area (Å²) in [5, 5.41) is 55.9. The average Bonchev–Trinajstić information content (AvgIpc) is 3.77. The molecule has 6 rings (SSSR count). The fraction of sp³-hybridized carbons (Fsp3) is 0.394. The number of nitrogens with zero attached hydrogens (tertiary/aromatic N) is 5. The molecular formula is C33H36N7O12S2+. The van der Waals surface area contributed by atoms with Gasteiger partial charge in [0.1, 0.15) is 35.9 Å². The number of rotatable bonds is 14. The van der Waals surface area contributed by atoms with E-state index in [1.165, 1.54) is 29.3 Å². The number of oxime groups is 1. The van der Waals surface area contributed by atoms with Crippen LogP contribution in [0, 0.1) is 0 Å². The van der Waals surface area contributed by atoms with Gasteiger partial charge in [-0.2, -0.15) is 0 Å². The number of carbonyl (C=O) groups is 5. The van der Waals surface area contributed by atoms with Gasteiger partial charge in [0, 0.05) is 48.4 Å². The highest BCUT2D eigenvalue weighted by molar-refractivity contribution is 8.00. The van der Waals surface area contributed by atoms with Gasteiger partial charge in [-0.05, 0) is 13.0 Å². The number of nitrogens with one attached hydrogen (secondary N) is 1. The molecule has 2 saturated heterocycles. The highest BCUT2D eigenvalue weighted by atomic mass is 32.2. The molecule has 0 saturated carbocycles. The molecule has 54 heavy (non-hydrogen) atoms. The average molecular weight is 787 g/mol. The summed E-state index contributed by atoms with van der Waals surface area (Å²) in [5.41, 5.74) is 5.86. The minimum absolute atomic E-state index is 0.0259. The number of hydrogen-bond acceptors (Lipinski definition) is 14. The Morgan fingerprint density at radius 1 is 1.11 bits per heavy atom. The van der Waals surface area contributed by atoms with E-state index in [2.05, 4.69) is 15.5 Å². The van der Waals surface area contributed by atoms with Crippen LogP contribution in [0.15, 0.2) is 44.9 Å².